The van der Waals surface area contributed by atoms with Crippen LogP contribution in [-0.2, 0) is 0 Å². The van der Waals surface area contributed by atoms with Crippen molar-refractivity contribution in [2.45, 2.75) is 19.8 Å². The van der Waals surface area contributed by atoms with Gasteiger partial charge in [0.25, 0.3) is 0 Å². The Morgan fingerprint density at radius 3 is 2.47 bits per heavy atom. The van der Waals surface area contributed by atoms with Crippen LogP contribution in [0.2, 0.25) is 0 Å². The average molecular weight is 269 g/mol. The largest absolute Gasteiger partial charge is 0.494 e. The first kappa shape index (κ1) is 12.3. The number of halogens is 1. The van der Waals surface area contributed by atoms with Crippen molar-refractivity contribution in [1.82, 2.24) is 0 Å². The average Bonchev–Trinajstić information content (AvgIpc) is 2.25. The number of alkyl halides is 1. The van der Waals surface area contributed by atoms with E-state index in [0.29, 0.717) is 0 Å². The highest BCUT2D eigenvalue weighted by Crippen LogP contribution is 2.17. The third kappa shape index (κ3) is 4.52. The fraction of sp³-hybridized carbons (Fsp3) is 0.385. The van der Waals surface area contributed by atoms with Crippen LogP contribution in [0.3, 0.4) is 0 Å². The normalized spacial score (nSPS) is 10.0. The molecule has 0 spiro atoms. The quantitative estimate of drug-likeness (QED) is 0.553. The van der Waals surface area contributed by atoms with Crippen molar-refractivity contribution < 1.29 is 4.74 Å². The summed E-state index contributed by atoms with van der Waals surface area (Å²) in [7, 11) is 0. The second kappa shape index (κ2) is 6.67. The number of unbranched alkanes of at least 4 members (excludes halogenated alkanes) is 1. The van der Waals surface area contributed by atoms with E-state index in [2.05, 4.69) is 22.5 Å². The van der Waals surface area contributed by atoms with E-state index in [9.17, 15) is 0 Å². The van der Waals surface area contributed by atoms with Crippen LogP contribution in [0.4, 0.5) is 0 Å². The molecule has 0 aromatic heterocycles. The molecule has 0 atom stereocenters. The highest BCUT2D eigenvalue weighted by molar-refractivity contribution is 9.09. The summed E-state index contributed by atoms with van der Waals surface area (Å²) in [6, 6.07) is 8.08. The van der Waals surface area contributed by atoms with Gasteiger partial charge in [0.1, 0.15) is 5.75 Å². The third-order valence-electron chi connectivity index (χ3n) is 2.14. The van der Waals surface area contributed by atoms with Crippen molar-refractivity contribution >= 4 is 21.5 Å². The fourth-order valence-electron chi connectivity index (χ4n) is 1.22. The van der Waals surface area contributed by atoms with Gasteiger partial charge in [0.15, 0.2) is 0 Å². The Morgan fingerprint density at radius 2 is 1.93 bits per heavy atom. The molecule has 15 heavy (non-hydrogen) atoms. The zero-order valence-electron chi connectivity index (χ0n) is 9.13. The lowest BCUT2D eigenvalue weighted by atomic mass is 10.1. The third-order valence-corrected chi connectivity index (χ3v) is 2.70. The van der Waals surface area contributed by atoms with E-state index >= 15 is 0 Å². The summed E-state index contributed by atoms with van der Waals surface area (Å²) in [6.07, 6.45) is 2.25. The van der Waals surface area contributed by atoms with Crippen LogP contribution in [0.25, 0.3) is 5.57 Å². The molecule has 0 aliphatic rings. The number of benzene rings is 1. The Bertz CT molecular complexity index is 303. The van der Waals surface area contributed by atoms with E-state index in [1.165, 1.54) is 5.56 Å². The minimum Gasteiger partial charge on any atom is -0.494 e. The molecule has 1 nitrogen and oxygen atoms in total. The molecule has 2 heteroatoms. The molecule has 0 saturated heterocycles. The van der Waals surface area contributed by atoms with Gasteiger partial charge in [-0.05, 0) is 37.5 Å². The molecule has 1 aromatic rings. The minimum atomic E-state index is 0.790. The van der Waals surface area contributed by atoms with Gasteiger partial charge >= 0.3 is 0 Å². The Balaban J connectivity index is 2.39. The first-order valence-electron chi connectivity index (χ1n) is 5.18. The van der Waals surface area contributed by atoms with Crippen LogP contribution < -0.4 is 4.74 Å². The van der Waals surface area contributed by atoms with Crippen LogP contribution >= 0.6 is 15.9 Å². The van der Waals surface area contributed by atoms with E-state index in [-0.39, 0.29) is 0 Å². The summed E-state index contributed by atoms with van der Waals surface area (Å²) in [5.41, 5.74) is 2.25. The lowest BCUT2D eigenvalue weighted by molar-refractivity contribution is 0.310. The molecule has 1 aromatic carbocycles. The summed E-state index contributed by atoms with van der Waals surface area (Å²) in [6.45, 7) is 6.69. The second-order valence-electron chi connectivity index (χ2n) is 3.55. The first-order chi connectivity index (χ1) is 7.24. The Kier molecular flexibility index (Phi) is 5.48. The number of rotatable bonds is 6. The molecule has 82 valence electrons. The van der Waals surface area contributed by atoms with E-state index in [0.717, 1.165) is 36.1 Å². The second-order valence-corrected chi connectivity index (χ2v) is 4.34. The molecular formula is C13H17BrO. The van der Waals surface area contributed by atoms with Crippen molar-refractivity contribution in [3.05, 3.63) is 36.4 Å². The maximum atomic E-state index is 5.59. The molecule has 1 rings (SSSR count). The summed E-state index contributed by atoms with van der Waals surface area (Å²) in [5, 5.41) is 1.05. The Morgan fingerprint density at radius 1 is 1.27 bits per heavy atom. The predicted molar refractivity (Wildman–Crippen MR) is 69.7 cm³/mol. The van der Waals surface area contributed by atoms with E-state index in [4.69, 9.17) is 4.74 Å². The molecule has 0 aliphatic carbocycles. The molecule has 0 heterocycles. The molecule has 0 N–H and O–H groups in total. The van der Waals surface area contributed by atoms with Crippen LogP contribution in [0.15, 0.2) is 30.8 Å². The summed E-state index contributed by atoms with van der Waals surface area (Å²) in [4.78, 5) is 0. The van der Waals surface area contributed by atoms with E-state index < -0.39 is 0 Å². The van der Waals surface area contributed by atoms with E-state index in [1.807, 2.05) is 31.2 Å². The topological polar surface area (TPSA) is 9.23 Å². The summed E-state index contributed by atoms with van der Waals surface area (Å²) >= 11 is 3.40. The number of hydrogen-bond acceptors (Lipinski definition) is 1. The van der Waals surface area contributed by atoms with Crippen molar-refractivity contribution in [1.29, 1.82) is 0 Å². The number of ether oxygens (including phenoxy) is 1. The summed E-state index contributed by atoms with van der Waals surface area (Å²) in [5.74, 6) is 0.939. The fourth-order valence-corrected chi connectivity index (χ4v) is 1.62. The monoisotopic (exact) mass is 268 g/mol. The van der Waals surface area contributed by atoms with Crippen LogP contribution in [-0.4, -0.2) is 11.9 Å². The van der Waals surface area contributed by atoms with Crippen LogP contribution in [0, 0.1) is 0 Å². The lowest BCUT2D eigenvalue weighted by Gasteiger charge is -2.06. The molecule has 0 fully saturated rings. The number of hydrogen-bond donors (Lipinski definition) is 0. The highest BCUT2D eigenvalue weighted by Gasteiger charge is 1.95. The Labute approximate surface area is 100 Å². The molecule has 0 radical (unpaired) electrons. The van der Waals surface area contributed by atoms with Gasteiger partial charge in [0.2, 0.25) is 0 Å². The van der Waals surface area contributed by atoms with Crippen LogP contribution in [0.1, 0.15) is 25.3 Å². The van der Waals surface area contributed by atoms with Gasteiger partial charge in [-0.2, -0.15) is 0 Å². The molecule has 0 amide bonds. The molecule has 0 saturated carbocycles. The van der Waals surface area contributed by atoms with E-state index in [1.54, 1.807) is 0 Å². The van der Waals surface area contributed by atoms with Gasteiger partial charge in [-0.3, -0.25) is 0 Å². The van der Waals surface area contributed by atoms with Crippen molar-refractivity contribution in [2.75, 3.05) is 11.9 Å². The van der Waals surface area contributed by atoms with Gasteiger partial charge in [-0.15, -0.1) is 0 Å². The van der Waals surface area contributed by atoms with Gasteiger partial charge < -0.3 is 4.74 Å². The molecule has 0 aliphatic heterocycles. The van der Waals surface area contributed by atoms with Crippen LogP contribution in [0.5, 0.6) is 5.75 Å². The maximum Gasteiger partial charge on any atom is 0.119 e. The van der Waals surface area contributed by atoms with Crippen molar-refractivity contribution in [3.63, 3.8) is 0 Å². The van der Waals surface area contributed by atoms with Gasteiger partial charge in [0, 0.05) is 5.33 Å². The van der Waals surface area contributed by atoms with Crippen molar-refractivity contribution in [2.24, 2.45) is 0 Å². The number of allylic oxidation sites excluding steroid dienone is 1. The predicted octanol–water partition coefficient (Wildman–Crippen LogP) is 4.27. The SMILES string of the molecule is C=C(C)c1ccc(OCCCCBr)cc1. The van der Waals surface area contributed by atoms with Gasteiger partial charge in [0.05, 0.1) is 6.61 Å². The summed E-state index contributed by atoms with van der Waals surface area (Å²) < 4.78 is 5.59. The molecule has 0 unspecified atom stereocenters. The highest BCUT2D eigenvalue weighted by atomic mass is 79.9. The first-order valence-corrected chi connectivity index (χ1v) is 6.31. The maximum absolute atomic E-state index is 5.59. The van der Waals surface area contributed by atoms with Gasteiger partial charge in [-0.25, -0.2) is 0 Å². The minimum absolute atomic E-state index is 0.790. The Hall–Kier alpha value is -0.760. The van der Waals surface area contributed by atoms with Gasteiger partial charge in [-0.1, -0.05) is 40.2 Å². The lowest BCUT2D eigenvalue weighted by Crippen LogP contribution is -1.97. The van der Waals surface area contributed by atoms with Crippen molar-refractivity contribution in [3.8, 4) is 5.75 Å². The molecular weight excluding hydrogens is 252 g/mol. The molecule has 0 bridgehead atoms. The zero-order valence-corrected chi connectivity index (χ0v) is 10.7. The standard InChI is InChI=1S/C13H17BrO/c1-11(2)12-5-7-13(8-6-12)15-10-4-3-9-14/h5-8H,1,3-4,9-10H2,2H3. The zero-order chi connectivity index (χ0) is 11.1. The smallest absolute Gasteiger partial charge is 0.119 e.